The van der Waals surface area contributed by atoms with Crippen LogP contribution in [0.25, 0.3) is 0 Å². The summed E-state index contributed by atoms with van der Waals surface area (Å²) in [6.45, 7) is 0.504. The van der Waals surface area contributed by atoms with Gasteiger partial charge in [0.2, 0.25) is 26.0 Å². The second-order valence-electron chi connectivity index (χ2n) is 7.27. The van der Waals surface area contributed by atoms with Crippen LogP contribution in [0.15, 0.2) is 47.4 Å². The maximum Gasteiger partial charge on any atom is 0.245 e. The second-order valence-corrected chi connectivity index (χ2v) is 11.5. The van der Waals surface area contributed by atoms with Gasteiger partial charge in [0.25, 0.3) is 0 Å². The Morgan fingerprint density at radius 3 is 2.25 bits per heavy atom. The molecule has 1 aliphatic rings. The molecule has 174 valence electrons. The van der Waals surface area contributed by atoms with E-state index in [0.717, 1.165) is 23.4 Å². The van der Waals surface area contributed by atoms with E-state index in [1.165, 1.54) is 53.9 Å². The molecule has 1 aliphatic heterocycles. The standard InChI is InChI=1S/C20H24ClN3O6S2/c1-30-19-10-7-16(13-18(19)21)24(31(2,26)27)14-20(25)22-15-5-8-17(9-6-15)32(28,29)23-11-3-4-12-23/h5-10,13H,3-4,11-12,14H2,1-2H3,(H,22,25). The molecule has 1 saturated heterocycles. The van der Waals surface area contributed by atoms with Crippen LogP contribution >= 0.6 is 11.6 Å². The molecule has 0 aliphatic carbocycles. The van der Waals surface area contributed by atoms with Crippen LogP contribution in [0.4, 0.5) is 11.4 Å². The minimum atomic E-state index is -3.79. The fraction of sp³-hybridized carbons (Fsp3) is 0.350. The Kier molecular flexibility index (Phi) is 7.33. The van der Waals surface area contributed by atoms with Gasteiger partial charge in [0.1, 0.15) is 12.3 Å². The van der Waals surface area contributed by atoms with Crippen molar-refractivity contribution in [3.63, 3.8) is 0 Å². The zero-order valence-corrected chi connectivity index (χ0v) is 20.0. The van der Waals surface area contributed by atoms with Crippen LogP contribution in [0.3, 0.4) is 0 Å². The van der Waals surface area contributed by atoms with Crippen molar-refractivity contribution >= 4 is 48.9 Å². The number of hydrogen-bond donors (Lipinski definition) is 1. The van der Waals surface area contributed by atoms with E-state index in [1.54, 1.807) is 0 Å². The molecule has 0 saturated carbocycles. The van der Waals surface area contributed by atoms with Crippen molar-refractivity contribution < 1.29 is 26.4 Å². The number of sulfonamides is 2. The molecular formula is C20H24ClN3O6S2. The van der Waals surface area contributed by atoms with Crippen molar-refractivity contribution in [3.05, 3.63) is 47.5 Å². The molecule has 9 nitrogen and oxygen atoms in total. The lowest BCUT2D eigenvalue weighted by Crippen LogP contribution is -2.37. The molecule has 12 heteroatoms. The zero-order chi connectivity index (χ0) is 23.5. The predicted molar refractivity (Wildman–Crippen MR) is 123 cm³/mol. The number of anilines is 2. The molecule has 0 bridgehead atoms. The highest BCUT2D eigenvalue weighted by molar-refractivity contribution is 7.92. The number of halogens is 1. The number of rotatable bonds is 8. The first kappa shape index (κ1) is 24.3. The number of nitrogens with zero attached hydrogens (tertiary/aromatic N) is 2. The number of carbonyl (C=O) groups excluding carboxylic acids is 1. The molecular weight excluding hydrogens is 478 g/mol. The molecule has 3 rings (SSSR count). The number of benzene rings is 2. The Hall–Kier alpha value is -2.34. The van der Waals surface area contributed by atoms with E-state index in [2.05, 4.69) is 5.32 Å². The summed E-state index contributed by atoms with van der Waals surface area (Å²) >= 11 is 6.09. The number of carbonyl (C=O) groups is 1. The van der Waals surface area contributed by atoms with Crippen molar-refractivity contribution in [3.8, 4) is 5.75 Å². The van der Waals surface area contributed by atoms with Crippen LogP contribution in [-0.4, -0.2) is 60.0 Å². The van der Waals surface area contributed by atoms with Crippen LogP contribution in [-0.2, 0) is 24.8 Å². The number of nitrogens with one attached hydrogen (secondary N) is 1. The van der Waals surface area contributed by atoms with Gasteiger partial charge in [-0.05, 0) is 55.3 Å². The molecule has 1 N–H and O–H groups in total. The highest BCUT2D eigenvalue weighted by Gasteiger charge is 2.27. The largest absolute Gasteiger partial charge is 0.495 e. The molecule has 0 unspecified atom stereocenters. The van der Waals surface area contributed by atoms with E-state index >= 15 is 0 Å². The molecule has 1 amide bonds. The molecule has 32 heavy (non-hydrogen) atoms. The van der Waals surface area contributed by atoms with Crippen molar-refractivity contribution in [2.75, 3.05) is 42.6 Å². The fourth-order valence-corrected chi connectivity index (χ4v) is 5.95. The van der Waals surface area contributed by atoms with Crippen LogP contribution in [0, 0.1) is 0 Å². The van der Waals surface area contributed by atoms with E-state index in [9.17, 15) is 21.6 Å². The first-order chi connectivity index (χ1) is 15.0. The number of methoxy groups -OCH3 is 1. The molecule has 2 aromatic rings. The van der Waals surface area contributed by atoms with Crippen LogP contribution < -0.4 is 14.4 Å². The smallest absolute Gasteiger partial charge is 0.245 e. The average molecular weight is 502 g/mol. The van der Waals surface area contributed by atoms with Gasteiger partial charge in [0.05, 0.1) is 29.0 Å². The van der Waals surface area contributed by atoms with Gasteiger partial charge in [-0.15, -0.1) is 0 Å². The van der Waals surface area contributed by atoms with Gasteiger partial charge in [-0.3, -0.25) is 9.10 Å². The van der Waals surface area contributed by atoms with E-state index in [-0.39, 0.29) is 15.6 Å². The van der Waals surface area contributed by atoms with E-state index in [4.69, 9.17) is 16.3 Å². The van der Waals surface area contributed by atoms with Gasteiger partial charge in [0, 0.05) is 18.8 Å². The second kappa shape index (κ2) is 9.65. The monoisotopic (exact) mass is 501 g/mol. The summed E-state index contributed by atoms with van der Waals surface area (Å²) in [6, 6.07) is 10.2. The quantitative estimate of drug-likeness (QED) is 0.594. The number of amides is 1. The third kappa shape index (κ3) is 5.52. The molecule has 2 aromatic carbocycles. The molecule has 0 radical (unpaired) electrons. The highest BCUT2D eigenvalue weighted by Crippen LogP contribution is 2.30. The van der Waals surface area contributed by atoms with Gasteiger partial charge >= 0.3 is 0 Å². The van der Waals surface area contributed by atoms with Crippen molar-refractivity contribution in [2.24, 2.45) is 0 Å². The van der Waals surface area contributed by atoms with E-state index in [0.29, 0.717) is 24.5 Å². The van der Waals surface area contributed by atoms with Crippen LogP contribution in [0.2, 0.25) is 5.02 Å². The number of hydrogen-bond acceptors (Lipinski definition) is 6. The SMILES string of the molecule is COc1ccc(N(CC(=O)Nc2ccc(S(=O)(=O)N3CCCC3)cc2)S(C)(=O)=O)cc1Cl. The van der Waals surface area contributed by atoms with E-state index in [1.807, 2.05) is 0 Å². The Morgan fingerprint density at radius 2 is 1.72 bits per heavy atom. The summed E-state index contributed by atoms with van der Waals surface area (Å²) in [7, 11) is -5.91. The summed E-state index contributed by atoms with van der Waals surface area (Å²) in [5, 5.41) is 2.79. The Morgan fingerprint density at radius 1 is 1.09 bits per heavy atom. The van der Waals surface area contributed by atoms with Gasteiger partial charge in [-0.2, -0.15) is 4.31 Å². The summed E-state index contributed by atoms with van der Waals surface area (Å²) in [4.78, 5) is 12.7. The lowest BCUT2D eigenvalue weighted by Gasteiger charge is -2.22. The maximum absolute atomic E-state index is 12.6. The Bertz CT molecular complexity index is 1190. The number of ether oxygens (including phenoxy) is 1. The van der Waals surface area contributed by atoms with Gasteiger partial charge in [-0.25, -0.2) is 16.8 Å². The van der Waals surface area contributed by atoms with Gasteiger partial charge in [0.15, 0.2) is 0 Å². The summed E-state index contributed by atoms with van der Waals surface area (Å²) < 4.78 is 57.2. The lowest BCUT2D eigenvalue weighted by molar-refractivity contribution is -0.114. The predicted octanol–water partition coefficient (Wildman–Crippen LogP) is 2.54. The van der Waals surface area contributed by atoms with Crippen molar-refractivity contribution in [1.82, 2.24) is 4.31 Å². The first-order valence-electron chi connectivity index (χ1n) is 9.73. The molecule has 1 heterocycles. The van der Waals surface area contributed by atoms with Crippen LogP contribution in [0.5, 0.6) is 5.75 Å². The average Bonchev–Trinajstić information content (AvgIpc) is 3.27. The zero-order valence-electron chi connectivity index (χ0n) is 17.6. The minimum absolute atomic E-state index is 0.142. The summed E-state index contributed by atoms with van der Waals surface area (Å²) in [6.07, 6.45) is 2.66. The highest BCUT2D eigenvalue weighted by atomic mass is 35.5. The minimum Gasteiger partial charge on any atom is -0.495 e. The normalized spacial score (nSPS) is 14.8. The molecule has 0 spiro atoms. The molecule has 1 fully saturated rings. The summed E-state index contributed by atoms with van der Waals surface area (Å²) in [5.41, 5.74) is 0.553. The van der Waals surface area contributed by atoms with Gasteiger partial charge < -0.3 is 10.1 Å². The third-order valence-electron chi connectivity index (χ3n) is 4.95. The van der Waals surface area contributed by atoms with E-state index < -0.39 is 32.5 Å². The first-order valence-corrected chi connectivity index (χ1v) is 13.4. The van der Waals surface area contributed by atoms with Gasteiger partial charge in [-0.1, -0.05) is 11.6 Å². The van der Waals surface area contributed by atoms with Crippen LogP contribution in [0.1, 0.15) is 12.8 Å². The molecule has 0 aromatic heterocycles. The molecule has 0 atom stereocenters. The topological polar surface area (TPSA) is 113 Å². The maximum atomic E-state index is 12.6. The van der Waals surface area contributed by atoms with Crippen molar-refractivity contribution in [1.29, 1.82) is 0 Å². The lowest BCUT2D eigenvalue weighted by atomic mass is 10.3. The summed E-state index contributed by atoms with van der Waals surface area (Å²) in [5.74, 6) is -0.227. The Labute approximate surface area is 193 Å². The Balaban J connectivity index is 1.73. The van der Waals surface area contributed by atoms with Crippen molar-refractivity contribution in [2.45, 2.75) is 17.7 Å². The third-order valence-corrected chi connectivity index (χ3v) is 8.30. The fourth-order valence-electron chi connectivity index (χ4n) is 3.33.